The number of phenolic OH excluding ortho intramolecular Hbond substituents is 1. The van der Waals surface area contributed by atoms with E-state index in [0.29, 0.717) is 10.0 Å². The average molecular weight is 298 g/mol. The van der Waals surface area contributed by atoms with Crippen LogP contribution in [-0.4, -0.2) is 11.0 Å². The summed E-state index contributed by atoms with van der Waals surface area (Å²) < 4.78 is 0.606. The first-order valence-electron chi connectivity index (χ1n) is 5.22. The van der Waals surface area contributed by atoms with Crippen molar-refractivity contribution < 1.29 is 9.90 Å². The Bertz CT molecular complexity index is 473. The summed E-state index contributed by atoms with van der Waals surface area (Å²) in [5, 5.41) is 9.85. The predicted octanol–water partition coefficient (Wildman–Crippen LogP) is 2.95. The Balaban J connectivity index is 3.30. The minimum Gasteiger partial charge on any atom is -0.506 e. The number of benzene rings is 1. The molecule has 0 bridgehead atoms. The quantitative estimate of drug-likeness (QED) is 0.825. The summed E-state index contributed by atoms with van der Waals surface area (Å²) in [4.78, 5) is 10.7. The summed E-state index contributed by atoms with van der Waals surface area (Å²) in [6, 6.07) is 3.72. The zero-order valence-corrected chi connectivity index (χ0v) is 11.7. The molecule has 0 aliphatic heterocycles. The number of amides is 1. The first kappa shape index (κ1) is 13.8. The SMILES string of the molecule is CC(C)(C)c1cc(Br)c(O)c(/C=C\C(N)=O)c1. The molecular formula is C13H16BrNO2. The second kappa shape index (κ2) is 4.92. The van der Waals surface area contributed by atoms with Crippen LogP contribution in [0.3, 0.4) is 0 Å². The molecule has 0 fully saturated rings. The highest BCUT2D eigenvalue weighted by Crippen LogP contribution is 2.34. The minimum absolute atomic E-state index is 0.0362. The molecule has 92 valence electrons. The second-order valence-electron chi connectivity index (χ2n) is 4.88. The lowest BCUT2D eigenvalue weighted by Gasteiger charge is -2.20. The Kier molecular flexibility index (Phi) is 3.98. The van der Waals surface area contributed by atoms with Gasteiger partial charge in [0.1, 0.15) is 5.75 Å². The van der Waals surface area contributed by atoms with Gasteiger partial charge in [0.2, 0.25) is 5.91 Å². The van der Waals surface area contributed by atoms with Gasteiger partial charge in [0.05, 0.1) is 4.47 Å². The Morgan fingerprint density at radius 3 is 2.47 bits per heavy atom. The summed E-state index contributed by atoms with van der Waals surface area (Å²) in [6.07, 6.45) is 2.74. The van der Waals surface area contributed by atoms with Crippen LogP contribution in [0, 0.1) is 0 Å². The molecule has 1 rings (SSSR count). The standard InChI is InChI=1S/C13H16BrNO2/c1-13(2,3)9-6-8(4-5-11(15)16)12(17)10(14)7-9/h4-7,17H,1-3H3,(H2,15,16)/b5-4-. The molecule has 0 aromatic heterocycles. The molecule has 4 heteroatoms. The third-order valence-electron chi connectivity index (χ3n) is 2.39. The lowest BCUT2D eigenvalue weighted by atomic mass is 9.86. The molecule has 0 radical (unpaired) electrons. The molecule has 0 atom stereocenters. The van der Waals surface area contributed by atoms with Crippen LogP contribution in [0.5, 0.6) is 5.75 Å². The van der Waals surface area contributed by atoms with E-state index in [4.69, 9.17) is 5.73 Å². The van der Waals surface area contributed by atoms with Crippen molar-refractivity contribution >= 4 is 27.9 Å². The van der Waals surface area contributed by atoms with E-state index in [1.807, 2.05) is 12.1 Å². The van der Waals surface area contributed by atoms with E-state index in [-0.39, 0.29) is 11.2 Å². The number of aromatic hydroxyl groups is 1. The Morgan fingerprint density at radius 2 is 2.00 bits per heavy atom. The molecule has 0 unspecified atom stereocenters. The maximum Gasteiger partial charge on any atom is 0.241 e. The summed E-state index contributed by atoms with van der Waals surface area (Å²) in [6.45, 7) is 6.23. The average Bonchev–Trinajstić information content (AvgIpc) is 2.18. The van der Waals surface area contributed by atoms with Crippen molar-refractivity contribution in [2.75, 3.05) is 0 Å². The number of carbonyl (C=O) groups excluding carboxylic acids is 1. The van der Waals surface area contributed by atoms with Crippen LogP contribution >= 0.6 is 15.9 Å². The fraction of sp³-hybridized carbons (Fsp3) is 0.308. The number of nitrogens with two attached hydrogens (primary N) is 1. The smallest absolute Gasteiger partial charge is 0.241 e. The van der Waals surface area contributed by atoms with E-state index >= 15 is 0 Å². The van der Waals surface area contributed by atoms with Crippen molar-refractivity contribution in [3.63, 3.8) is 0 Å². The van der Waals surface area contributed by atoms with E-state index in [1.54, 1.807) is 0 Å². The van der Waals surface area contributed by atoms with E-state index < -0.39 is 5.91 Å². The zero-order valence-electron chi connectivity index (χ0n) is 10.1. The fourth-order valence-corrected chi connectivity index (χ4v) is 1.83. The van der Waals surface area contributed by atoms with Crippen LogP contribution in [-0.2, 0) is 10.2 Å². The monoisotopic (exact) mass is 297 g/mol. The topological polar surface area (TPSA) is 63.3 Å². The number of carbonyl (C=O) groups is 1. The zero-order chi connectivity index (χ0) is 13.2. The lowest BCUT2D eigenvalue weighted by molar-refractivity contribution is -0.113. The molecule has 3 N–H and O–H groups in total. The van der Waals surface area contributed by atoms with E-state index in [2.05, 4.69) is 36.7 Å². The highest BCUT2D eigenvalue weighted by molar-refractivity contribution is 9.10. The molecule has 0 aliphatic rings. The third kappa shape index (κ3) is 3.60. The first-order valence-corrected chi connectivity index (χ1v) is 6.01. The van der Waals surface area contributed by atoms with Crippen LogP contribution in [0.25, 0.3) is 6.08 Å². The Hall–Kier alpha value is -1.29. The number of hydrogen-bond donors (Lipinski definition) is 2. The van der Waals surface area contributed by atoms with Gasteiger partial charge in [-0.05, 0) is 45.1 Å². The molecule has 17 heavy (non-hydrogen) atoms. The van der Waals surface area contributed by atoms with Crippen LogP contribution in [0.1, 0.15) is 31.9 Å². The van der Waals surface area contributed by atoms with Gasteiger partial charge in [-0.15, -0.1) is 0 Å². The Morgan fingerprint density at radius 1 is 1.41 bits per heavy atom. The van der Waals surface area contributed by atoms with Crippen molar-refractivity contribution in [3.8, 4) is 5.75 Å². The van der Waals surface area contributed by atoms with E-state index in [0.717, 1.165) is 5.56 Å². The van der Waals surface area contributed by atoms with E-state index in [1.165, 1.54) is 12.2 Å². The first-order chi connectivity index (χ1) is 7.71. The highest BCUT2D eigenvalue weighted by atomic mass is 79.9. The van der Waals surface area contributed by atoms with Crippen LogP contribution in [0.15, 0.2) is 22.7 Å². The summed E-state index contributed by atoms with van der Waals surface area (Å²) in [7, 11) is 0. The largest absolute Gasteiger partial charge is 0.506 e. The Labute approximate surface area is 109 Å². The fourth-order valence-electron chi connectivity index (χ4n) is 1.35. The van der Waals surface area contributed by atoms with E-state index in [9.17, 15) is 9.90 Å². The number of halogens is 1. The molecule has 1 aromatic rings. The molecule has 0 saturated carbocycles. The summed E-state index contributed by atoms with van der Waals surface area (Å²) in [5.74, 6) is -0.433. The molecule has 1 amide bonds. The van der Waals surface area contributed by atoms with Crippen LogP contribution in [0.4, 0.5) is 0 Å². The second-order valence-corrected chi connectivity index (χ2v) is 5.74. The summed E-state index contributed by atoms with van der Waals surface area (Å²) in [5.41, 5.74) is 6.63. The van der Waals surface area contributed by atoms with Crippen molar-refractivity contribution in [1.82, 2.24) is 0 Å². The lowest BCUT2D eigenvalue weighted by Crippen LogP contribution is -2.11. The number of rotatable bonds is 2. The van der Waals surface area contributed by atoms with Gasteiger partial charge in [-0.25, -0.2) is 0 Å². The minimum atomic E-state index is -0.540. The molecule has 0 spiro atoms. The van der Waals surface area contributed by atoms with Gasteiger partial charge in [-0.1, -0.05) is 20.8 Å². The third-order valence-corrected chi connectivity index (χ3v) is 2.99. The molecule has 0 aliphatic carbocycles. The highest BCUT2D eigenvalue weighted by Gasteiger charge is 2.17. The van der Waals surface area contributed by atoms with Crippen molar-refractivity contribution in [2.45, 2.75) is 26.2 Å². The van der Waals surface area contributed by atoms with Gasteiger partial charge in [-0.3, -0.25) is 4.79 Å². The number of primary amides is 1. The van der Waals surface area contributed by atoms with Crippen molar-refractivity contribution in [3.05, 3.63) is 33.8 Å². The number of phenols is 1. The van der Waals surface area contributed by atoms with Gasteiger partial charge >= 0.3 is 0 Å². The van der Waals surface area contributed by atoms with Crippen LogP contribution < -0.4 is 5.73 Å². The molecule has 3 nitrogen and oxygen atoms in total. The maximum atomic E-state index is 10.7. The van der Waals surface area contributed by atoms with Gasteiger partial charge in [0.25, 0.3) is 0 Å². The van der Waals surface area contributed by atoms with Crippen molar-refractivity contribution in [2.24, 2.45) is 5.73 Å². The number of hydrogen-bond acceptors (Lipinski definition) is 2. The van der Waals surface area contributed by atoms with Gasteiger partial charge in [0.15, 0.2) is 0 Å². The van der Waals surface area contributed by atoms with Crippen LogP contribution in [0.2, 0.25) is 0 Å². The summed E-state index contributed by atoms with van der Waals surface area (Å²) >= 11 is 3.30. The molecule has 0 saturated heterocycles. The molecule has 1 aromatic carbocycles. The van der Waals surface area contributed by atoms with Gasteiger partial charge < -0.3 is 10.8 Å². The predicted molar refractivity (Wildman–Crippen MR) is 72.7 cm³/mol. The van der Waals surface area contributed by atoms with Crippen molar-refractivity contribution in [1.29, 1.82) is 0 Å². The molecule has 0 heterocycles. The normalized spacial score (nSPS) is 12.0. The van der Waals surface area contributed by atoms with Gasteiger partial charge in [0, 0.05) is 11.6 Å². The maximum absolute atomic E-state index is 10.7. The van der Waals surface area contributed by atoms with Gasteiger partial charge in [-0.2, -0.15) is 0 Å². The molecular weight excluding hydrogens is 282 g/mol.